The maximum absolute atomic E-state index is 13.2. The van der Waals surface area contributed by atoms with E-state index in [9.17, 15) is 19.1 Å². The van der Waals surface area contributed by atoms with Crippen molar-refractivity contribution in [1.82, 2.24) is 5.32 Å². The van der Waals surface area contributed by atoms with E-state index >= 15 is 0 Å². The van der Waals surface area contributed by atoms with E-state index < -0.39 is 23.4 Å². The zero-order chi connectivity index (χ0) is 19.9. The summed E-state index contributed by atoms with van der Waals surface area (Å²) in [6, 6.07) is 12.8. The van der Waals surface area contributed by atoms with Gasteiger partial charge in [-0.1, -0.05) is 30.3 Å². The Bertz CT molecular complexity index is 801. The van der Waals surface area contributed by atoms with E-state index in [0.717, 1.165) is 25.1 Å². The zero-order valence-corrected chi connectivity index (χ0v) is 14.7. The molecule has 0 saturated carbocycles. The lowest BCUT2D eigenvalue weighted by Gasteiger charge is -2.35. The van der Waals surface area contributed by atoms with E-state index in [0.29, 0.717) is 0 Å². The average Bonchev–Trinajstić information content (AvgIpc) is 2.63. The number of halogens is 1. The maximum Gasteiger partial charge on any atom is 0.334 e. The lowest BCUT2D eigenvalue weighted by molar-refractivity contribution is -0.146. The Morgan fingerprint density at radius 3 is 2.52 bits per heavy atom. The SMILES string of the molecule is NC(=O)NC1(C(=O)O)CCOc2ccc(F)cc21.NCCc1ccccc1. The standard InChI is InChI=1S/C11H11FN2O4.C8H11N/c12-6-1-2-8-7(5-6)11(9(15)16,3-4-18-8)14-10(13)17;9-7-6-8-4-2-1-3-5-8/h1-2,5H,3-4H2,(H,15,16)(H3,13,14,17);1-5H,6-7,9H2. The third kappa shape index (κ3) is 4.95. The van der Waals surface area contributed by atoms with Crippen molar-refractivity contribution in [2.75, 3.05) is 13.2 Å². The third-order valence-corrected chi connectivity index (χ3v) is 4.11. The van der Waals surface area contributed by atoms with Crippen LogP contribution in [0.4, 0.5) is 9.18 Å². The monoisotopic (exact) mass is 375 g/mol. The minimum absolute atomic E-state index is 0.0261. The van der Waals surface area contributed by atoms with Crippen molar-refractivity contribution in [3.63, 3.8) is 0 Å². The molecule has 1 unspecified atom stereocenters. The number of nitrogens with two attached hydrogens (primary N) is 2. The van der Waals surface area contributed by atoms with Crippen LogP contribution in [0.2, 0.25) is 0 Å². The first kappa shape index (κ1) is 20.2. The fourth-order valence-electron chi connectivity index (χ4n) is 2.84. The molecular formula is C19H22FN3O4. The fraction of sp³-hybridized carbons (Fsp3) is 0.263. The highest BCUT2D eigenvalue weighted by molar-refractivity contribution is 5.88. The van der Waals surface area contributed by atoms with Gasteiger partial charge in [0.2, 0.25) is 0 Å². The number of benzene rings is 2. The number of hydrogen-bond donors (Lipinski definition) is 4. The number of carbonyl (C=O) groups is 2. The number of fused-ring (bicyclic) bond motifs is 1. The van der Waals surface area contributed by atoms with Gasteiger partial charge >= 0.3 is 12.0 Å². The molecule has 0 radical (unpaired) electrons. The van der Waals surface area contributed by atoms with Crippen molar-refractivity contribution in [2.24, 2.45) is 11.5 Å². The largest absolute Gasteiger partial charge is 0.493 e. The second kappa shape index (κ2) is 9.00. The molecule has 27 heavy (non-hydrogen) atoms. The van der Waals surface area contributed by atoms with E-state index in [1.807, 2.05) is 18.2 Å². The number of carboxylic acids is 1. The number of amides is 2. The molecule has 0 bridgehead atoms. The van der Waals surface area contributed by atoms with Crippen LogP contribution in [0, 0.1) is 5.82 Å². The van der Waals surface area contributed by atoms with E-state index in [2.05, 4.69) is 17.4 Å². The second-order valence-electron chi connectivity index (χ2n) is 5.96. The third-order valence-electron chi connectivity index (χ3n) is 4.11. The van der Waals surface area contributed by atoms with Crippen LogP contribution in [0.5, 0.6) is 5.75 Å². The van der Waals surface area contributed by atoms with E-state index in [-0.39, 0.29) is 24.3 Å². The normalized spacial score (nSPS) is 17.6. The van der Waals surface area contributed by atoms with E-state index in [4.69, 9.17) is 16.2 Å². The van der Waals surface area contributed by atoms with Crippen molar-refractivity contribution in [3.05, 3.63) is 65.5 Å². The quantitative estimate of drug-likeness (QED) is 0.647. The first-order chi connectivity index (χ1) is 12.9. The van der Waals surface area contributed by atoms with Gasteiger partial charge in [-0.15, -0.1) is 0 Å². The van der Waals surface area contributed by atoms with Crippen LogP contribution in [0.25, 0.3) is 0 Å². The number of hydrogen-bond acceptors (Lipinski definition) is 4. The highest BCUT2D eigenvalue weighted by atomic mass is 19.1. The highest BCUT2D eigenvalue weighted by Crippen LogP contribution is 2.37. The van der Waals surface area contributed by atoms with Crippen LogP contribution in [0.1, 0.15) is 17.5 Å². The lowest BCUT2D eigenvalue weighted by Crippen LogP contribution is -2.55. The molecule has 0 spiro atoms. The smallest absolute Gasteiger partial charge is 0.334 e. The first-order valence-corrected chi connectivity index (χ1v) is 8.37. The second-order valence-corrected chi connectivity index (χ2v) is 5.96. The Kier molecular flexibility index (Phi) is 6.73. The molecule has 0 fully saturated rings. The molecule has 1 aliphatic heterocycles. The van der Waals surface area contributed by atoms with E-state index in [1.54, 1.807) is 0 Å². The fourth-order valence-corrected chi connectivity index (χ4v) is 2.84. The van der Waals surface area contributed by atoms with Crippen molar-refractivity contribution in [2.45, 2.75) is 18.4 Å². The van der Waals surface area contributed by atoms with Gasteiger partial charge in [0.15, 0.2) is 5.54 Å². The molecule has 0 aliphatic carbocycles. The summed E-state index contributed by atoms with van der Waals surface area (Å²) >= 11 is 0. The van der Waals surface area contributed by atoms with Crippen LogP contribution in [0.3, 0.4) is 0 Å². The van der Waals surface area contributed by atoms with Crippen molar-refractivity contribution in [1.29, 1.82) is 0 Å². The van der Waals surface area contributed by atoms with Crippen molar-refractivity contribution >= 4 is 12.0 Å². The van der Waals surface area contributed by atoms with Crippen LogP contribution in [-0.2, 0) is 16.8 Å². The summed E-state index contributed by atoms with van der Waals surface area (Å²) in [6.07, 6.45) is 0.961. The molecule has 2 aromatic carbocycles. The molecule has 0 saturated heterocycles. The van der Waals surface area contributed by atoms with Gasteiger partial charge in [-0.05, 0) is 36.7 Å². The highest BCUT2D eigenvalue weighted by Gasteiger charge is 2.46. The molecular weight excluding hydrogens is 353 g/mol. The summed E-state index contributed by atoms with van der Waals surface area (Å²) in [7, 11) is 0. The minimum Gasteiger partial charge on any atom is -0.493 e. The molecule has 1 heterocycles. The molecule has 2 amide bonds. The van der Waals surface area contributed by atoms with Gasteiger partial charge in [-0.3, -0.25) is 0 Å². The average molecular weight is 375 g/mol. The van der Waals surface area contributed by atoms with Crippen LogP contribution < -0.4 is 21.5 Å². The number of aliphatic carboxylic acids is 1. The van der Waals surface area contributed by atoms with Crippen molar-refractivity contribution in [3.8, 4) is 5.75 Å². The summed E-state index contributed by atoms with van der Waals surface area (Å²) in [6.45, 7) is 0.829. The number of rotatable bonds is 4. The Hall–Kier alpha value is -3.13. The zero-order valence-electron chi connectivity index (χ0n) is 14.7. The molecule has 7 nitrogen and oxygen atoms in total. The molecule has 3 rings (SSSR count). The Morgan fingerprint density at radius 2 is 1.93 bits per heavy atom. The predicted molar refractivity (Wildman–Crippen MR) is 97.7 cm³/mol. The lowest BCUT2D eigenvalue weighted by atomic mass is 9.84. The molecule has 8 heteroatoms. The van der Waals surface area contributed by atoms with Gasteiger partial charge in [-0.25, -0.2) is 14.0 Å². The van der Waals surface area contributed by atoms with Crippen LogP contribution in [-0.4, -0.2) is 30.3 Å². The van der Waals surface area contributed by atoms with E-state index in [1.165, 1.54) is 11.6 Å². The first-order valence-electron chi connectivity index (χ1n) is 8.37. The summed E-state index contributed by atoms with van der Waals surface area (Å²) in [5.74, 6) is -1.70. The van der Waals surface area contributed by atoms with Gasteiger partial charge < -0.3 is 26.6 Å². The predicted octanol–water partition coefficient (Wildman–Crippen LogP) is 1.74. The maximum atomic E-state index is 13.2. The summed E-state index contributed by atoms with van der Waals surface area (Å²) in [4.78, 5) is 22.4. The topological polar surface area (TPSA) is 128 Å². The Balaban J connectivity index is 0.000000244. The van der Waals surface area contributed by atoms with Gasteiger partial charge in [0.25, 0.3) is 0 Å². The number of primary amides is 1. The Labute approximate surface area is 156 Å². The van der Waals surface area contributed by atoms with Crippen molar-refractivity contribution < 1.29 is 23.8 Å². The Morgan fingerprint density at radius 1 is 1.22 bits per heavy atom. The van der Waals surface area contributed by atoms with Gasteiger partial charge in [0, 0.05) is 12.0 Å². The van der Waals surface area contributed by atoms with Gasteiger partial charge in [-0.2, -0.15) is 0 Å². The number of carbonyl (C=O) groups excluding carboxylic acids is 1. The molecule has 2 aromatic rings. The summed E-state index contributed by atoms with van der Waals surface area (Å²) in [5.41, 5.74) is 9.98. The molecule has 1 aliphatic rings. The van der Waals surface area contributed by atoms with Gasteiger partial charge in [0.1, 0.15) is 11.6 Å². The summed E-state index contributed by atoms with van der Waals surface area (Å²) < 4.78 is 18.5. The number of carboxylic acid groups (broad SMARTS) is 1. The number of urea groups is 1. The number of ether oxygens (including phenoxy) is 1. The minimum atomic E-state index is -1.75. The number of nitrogens with one attached hydrogen (secondary N) is 1. The molecule has 144 valence electrons. The van der Waals surface area contributed by atoms with Gasteiger partial charge in [0.05, 0.1) is 6.61 Å². The molecule has 6 N–H and O–H groups in total. The summed E-state index contributed by atoms with van der Waals surface area (Å²) in [5, 5.41) is 11.5. The van der Waals surface area contributed by atoms with Crippen LogP contribution in [0.15, 0.2) is 48.5 Å². The van der Waals surface area contributed by atoms with Crippen LogP contribution >= 0.6 is 0 Å². The molecule has 0 aromatic heterocycles. The molecule has 1 atom stereocenters.